The highest BCUT2D eigenvalue weighted by Gasteiger charge is 2.11. The monoisotopic (exact) mass is 225 g/mol. The van der Waals surface area contributed by atoms with Crippen LogP contribution in [0.4, 0.5) is 0 Å². The van der Waals surface area contributed by atoms with E-state index in [1.807, 2.05) is 0 Å². The first kappa shape index (κ1) is 11.9. The molecule has 0 aromatic carbocycles. The fraction of sp³-hybridized carbons (Fsp3) is 0.222. The molecule has 0 atom stereocenters. The molecule has 2 amide bonds. The van der Waals surface area contributed by atoms with Crippen LogP contribution in [-0.4, -0.2) is 30.5 Å². The Morgan fingerprint density at radius 2 is 2.31 bits per heavy atom. The molecule has 0 unspecified atom stereocenters. The first-order chi connectivity index (χ1) is 7.65. The molecule has 0 aliphatic rings. The summed E-state index contributed by atoms with van der Waals surface area (Å²) in [5, 5.41) is 0. The van der Waals surface area contributed by atoms with Crippen LogP contribution >= 0.6 is 0 Å². The molecule has 0 saturated carbocycles. The molecule has 0 aliphatic heterocycles. The minimum atomic E-state index is -0.679. The molecule has 1 heterocycles. The number of ether oxygens (including phenoxy) is 1. The van der Waals surface area contributed by atoms with Crippen LogP contribution < -0.4 is 16.0 Å². The molecular weight excluding hydrogens is 214 g/mol. The molecule has 7 nitrogen and oxygen atoms in total. The third-order valence-corrected chi connectivity index (χ3v) is 1.63. The highest BCUT2D eigenvalue weighted by atomic mass is 16.7. The Hall–Kier alpha value is -2.15. The summed E-state index contributed by atoms with van der Waals surface area (Å²) in [4.78, 5) is 30.2. The van der Waals surface area contributed by atoms with E-state index in [1.165, 1.54) is 25.6 Å². The van der Waals surface area contributed by atoms with Crippen molar-refractivity contribution in [1.29, 1.82) is 0 Å². The van der Waals surface area contributed by atoms with Gasteiger partial charge >= 0.3 is 0 Å². The second-order valence-corrected chi connectivity index (χ2v) is 2.76. The van der Waals surface area contributed by atoms with Crippen molar-refractivity contribution in [3.63, 3.8) is 0 Å². The predicted molar refractivity (Wildman–Crippen MR) is 53.4 cm³/mol. The van der Waals surface area contributed by atoms with Crippen molar-refractivity contribution in [2.45, 2.75) is 0 Å². The summed E-state index contributed by atoms with van der Waals surface area (Å²) >= 11 is 0. The van der Waals surface area contributed by atoms with Crippen LogP contribution in [0.15, 0.2) is 18.5 Å². The van der Waals surface area contributed by atoms with Gasteiger partial charge in [-0.25, -0.2) is 5.48 Å². The molecule has 0 bridgehead atoms. The first-order valence-electron chi connectivity index (χ1n) is 4.33. The molecule has 0 spiro atoms. The molecule has 0 fully saturated rings. The van der Waals surface area contributed by atoms with Crippen LogP contribution in [0.3, 0.4) is 0 Å². The van der Waals surface area contributed by atoms with E-state index in [4.69, 9.17) is 10.5 Å². The number of amides is 2. The molecule has 1 aromatic rings. The molecule has 7 heteroatoms. The average Bonchev–Trinajstić information content (AvgIpc) is 2.28. The highest BCUT2D eigenvalue weighted by Crippen LogP contribution is 2.14. The SMILES string of the molecule is COc1cnccc1C(=O)NOCC(N)=O. The van der Waals surface area contributed by atoms with E-state index in [-0.39, 0.29) is 12.2 Å². The van der Waals surface area contributed by atoms with Crippen LogP contribution in [0, 0.1) is 0 Å². The van der Waals surface area contributed by atoms with E-state index in [0.717, 1.165) is 0 Å². The van der Waals surface area contributed by atoms with Gasteiger partial charge in [0.25, 0.3) is 5.91 Å². The lowest BCUT2D eigenvalue weighted by molar-refractivity contribution is -0.124. The lowest BCUT2D eigenvalue weighted by Gasteiger charge is -2.07. The van der Waals surface area contributed by atoms with E-state index in [9.17, 15) is 9.59 Å². The Balaban J connectivity index is 2.62. The number of primary amides is 1. The van der Waals surface area contributed by atoms with Gasteiger partial charge in [0.1, 0.15) is 5.75 Å². The van der Waals surface area contributed by atoms with Crippen molar-refractivity contribution in [3.05, 3.63) is 24.0 Å². The predicted octanol–water partition coefficient (Wildman–Crippen LogP) is -0.763. The lowest BCUT2D eigenvalue weighted by atomic mass is 10.2. The summed E-state index contributed by atoms with van der Waals surface area (Å²) in [5.41, 5.74) is 7.13. The fourth-order valence-electron chi connectivity index (χ4n) is 0.958. The van der Waals surface area contributed by atoms with E-state index in [0.29, 0.717) is 5.75 Å². The van der Waals surface area contributed by atoms with Gasteiger partial charge in [-0.2, -0.15) is 0 Å². The number of hydrogen-bond donors (Lipinski definition) is 2. The normalized spacial score (nSPS) is 9.56. The van der Waals surface area contributed by atoms with E-state index in [1.54, 1.807) is 0 Å². The maximum Gasteiger partial charge on any atom is 0.278 e. The Morgan fingerprint density at radius 1 is 1.56 bits per heavy atom. The van der Waals surface area contributed by atoms with E-state index >= 15 is 0 Å². The third-order valence-electron chi connectivity index (χ3n) is 1.63. The number of methoxy groups -OCH3 is 1. The van der Waals surface area contributed by atoms with Crippen LogP contribution in [-0.2, 0) is 9.63 Å². The zero-order valence-electron chi connectivity index (χ0n) is 8.60. The summed E-state index contributed by atoms with van der Waals surface area (Å²) in [6.07, 6.45) is 2.83. The Kier molecular flexibility index (Phi) is 4.22. The Bertz CT molecular complexity index is 394. The Labute approximate surface area is 91.5 Å². The summed E-state index contributed by atoms with van der Waals surface area (Å²) in [6.45, 7) is -0.390. The molecule has 3 N–H and O–H groups in total. The smallest absolute Gasteiger partial charge is 0.278 e. The third kappa shape index (κ3) is 3.21. The minimum absolute atomic E-state index is 0.252. The van der Waals surface area contributed by atoms with Gasteiger partial charge in [0, 0.05) is 6.20 Å². The van der Waals surface area contributed by atoms with Crippen LogP contribution in [0.1, 0.15) is 10.4 Å². The summed E-state index contributed by atoms with van der Waals surface area (Å²) < 4.78 is 4.92. The van der Waals surface area contributed by atoms with Gasteiger partial charge in [-0.3, -0.25) is 19.4 Å². The number of hydrogen-bond acceptors (Lipinski definition) is 5. The number of aromatic nitrogens is 1. The van der Waals surface area contributed by atoms with Gasteiger partial charge < -0.3 is 10.5 Å². The van der Waals surface area contributed by atoms with Gasteiger partial charge in [-0.15, -0.1) is 0 Å². The number of hydroxylamine groups is 1. The van der Waals surface area contributed by atoms with Crippen molar-refractivity contribution in [2.24, 2.45) is 5.73 Å². The second-order valence-electron chi connectivity index (χ2n) is 2.76. The maximum atomic E-state index is 11.5. The number of nitrogens with one attached hydrogen (secondary N) is 1. The zero-order chi connectivity index (χ0) is 12.0. The molecule has 86 valence electrons. The van der Waals surface area contributed by atoms with Gasteiger partial charge in [0.15, 0.2) is 6.61 Å². The highest BCUT2D eigenvalue weighted by molar-refractivity contribution is 5.96. The van der Waals surface area contributed by atoms with Gasteiger partial charge in [0.05, 0.1) is 18.9 Å². The summed E-state index contributed by atoms with van der Waals surface area (Å²) in [7, 11) is 1.41. The molecular formula is C9H11N3O4. The minimum Gasteiger partial charge on any atom is -0.494 e. The van der Waals surface area contributed by atoms with Gasteiger partial charge in [-0.1, -0.05) is 0 Å². The number of carbonyl (C=O) groups is 2. The van der Waals surface area contributed by atoms with Gasteiger partial charge in [-0.05, 0) is 6.07 Å². The number of pyridine rings is 1. The number of rotatable bonds is 5. The van der Waals surface area contributed by atoms with Crippen LogP contribution in [0.2, 0.25) is 0 Å². The first-order valence-corrected chi connectivity index (χ1v) is 4.33. The summed E-state index contributed by atoms with van der Waals surface area (Å²) in [5.74, 6) is -0.912. The van der Waals surface area contributed by atoms with Gasteiger partial charge in [0.2, 0.25) is 5.91 Å². The quantitative estimate of drug-likeness (QED) is 0.641. The van der Waals surface area contributed by atoms with Crippen LogP contribution in [0.25, 0.3) is 0 Å². The zero-order valence-corrected chi connectivity index (χ0v) is 8.60. The van der Waals surface area contributed by atoms with Crippen molar-refractivity contribution in [2.75, 3.05) is 13.7 Å². The van der Waals surface area contributed by atoms with E-state index < -0.39 is 11.8 Å². The standard InChI is InChI=1S/C9H11N3O4/c1-15-7-4-11-3-2-6(7)9(14)12-16-5-8(10)13/h2-4H,5H2,1H3,(H2,10,13)(H,12,14). The van der Waals surface area contributed by atoms with Crippen LogP contribution in [0.5, 0.6) is 5.75 Å². The number of nitrogens with two attached hydrogens (primary N) is 1. The molecule has 0 aliphatic carbocycles. The van der Waals surface area contributed by atoms with Crippen molar-refractivity contribution >= 4 is 11.8 Å². The molecule has 1 aromatic heterocycles. The lowest BCUT2D eigenvalue weighted by Crippen LogP contribution is -2.29. The molecule has 1 rings (SSSR count). The van der Waals surface area contributed by atoms with Crippen molar-refractivity contribution < 1.29 is 19.2 Å². The number of carbonyl (C=O) groups excluding carboxylic acids is 2. The maximum absolute atomic E-state index is 11.5. The number of nitrogens with zero attached hydrogens (tertiary/aromatic N) is 1. The molecule has 16 heavy (non-hydrogen) atoms. The summed E-state index contributed by atoms with van der Waals surface area (Å²) in [6, 6.07) is 1.46. The Morgan fingerprint density at radius 3 is 2.94 bits per heavy atom. The van der Waals surface area contributed by atoms with E-state index in [2.05, 4.69) is 15.3 Å². The topological polar surface area (TPSA) is 104 Å². The average molecular weight is 225 g/mol. The van der Waals surface area contributed by atoms with Crippen molar-refractivity contribution in [3.8, 4) is 5.75 Å². The van der Waals surface area contributed by atoms with Crippen molar-refractivity contribution in [1.82, 2.24) is 10.5 Å². The fourth-order valence-corrected chi connectivity index (χ4v) is 0.958. The molecule has 0 radical (unpaired) electrons. The largest absolute Gasteiger partial charge is 0.494 e. The second kappa shape index (κ2) is 5.66. The molecule has 0 saturated heterocycles.